The summed E-state index contributed by atoms with van der Waals surface area (Å²) < 4.78 is 0. The smallest absolute Gasteiger partial charge is 0.00752 e. The van der Waals surface area contributed by atoms with Gasteiger partial charge in [-0.05, 0) is 36.7 Å². The molecule has 1 aliphatic rings. The lowest BCUT2D eigenvalue weighted by atomic mass is 9.67. The summed E-state index contributed by atoms with van der Waals surface area (Å²) in [5, 5.41) is 0. The van der Waals surface area contributed by atoms with Crippen molar-refractivity contribution >= 4 is 0 Å². The van der Waals surface area contributed by atoms with E-state index >= 15 is 0 Å². The number of benzene rings is 1. The van der Waals surface area contributed by atoms with Gasteiger partial charge in [-0.25, -0.2) is 0 Å². The lowest BCUT2D eigenvalue weighted by molar-refractivity contribution is 0.236. The van der Waals surface area contributed by atoms with Crippen molar-refractivity contribution in [3.8, 4) is 0 Å². The van der Waals surface area contributed by atoms with Gasteiger partial charge in [0.2, 0.25) is 0 Å². The third-order valence-electron chi connectivity index (χ3n) is 4.39. The summed E-state index contributed by atoms with van der Waals surface area (Å²) in [6.07, 6.45) is 7.14. The Hall–Kier alpha value is -0.780. The van der Waals surface area contributed by atoms with Crippen LogP contribution in [0.1, 0.15) is 57.1 Å². The molecular formula is C16H24. The molecule has 0 aromatic heterocycles. The molecule has 2 rings (SSSR count). The summed E-state index contributed by atoms with van der Waals surface area (Å²) >= 11 is 0. The quantitative estimate of drug-likeness (QED) is 0.662. The van der Waals surface area contributed by atoms with Gasteiger partial charge in [-0.1, -0.05) is 62.9 Å². The summed E-state index contributed by atoms with van der Waals surface area (Å²) in [6, 6.07) is 9.08. The average Bonchev–Trinajstić information content (AvgIpc) is 2.30. The maximum Gasteiger partial charge on any atom is -0.00752 e. The highest BCUT2D eigenvalue weighted by molar-refractivity contribution is 5.29. The van der Waals surface area contributed by atoms with Crippen molar-refractivity contribution in [2.75, 3.05) is 0 Å². The minimum absolute atomic E-state index is 0.354. The normalized spacial score (nSPS) is 18.7. The third kappa shape index (κ3) is 2.31. The van der Waals surface area contributed by atoms with Crippen LogP contribution in [0, 0.1) is 12.8 Å². The zero-order valence-corrected chi connectivity index (χ0v) is 10.9. The predicted molar refractivity (Wildman–Crippen MR) is 70.8 cm³/mol. The monoisotopic (exact) mass is 216 g/mol. The van der Waals surface area contributed by atoms with Gasteiger partial charge < -0.3 is 0 Å². The van der Waals surface area contributed by atoms with E-state index in [1.807, 2.05) is 0 Å². The fourth-order valence-electron chi connectivity index (χ4n) is 3.11. The Bertz CT molecular complexity index is 343. The van der Waals surface area contributed by atoms with Gasteiger partial charge in [-0.3, -0.25) is 0 Å². The molecule has 0 radical (unpaired) electrons. The Balaban J connectivity index is 2.22. The minimum Gasteiger partial charge on any atom is -0.0617 e. The van der Waals surface area contributed by atoms with Gasteiger partial charge in [-0.15, -0.1) is 0 Å². The van der Waals surface area contributed by atoms with Crippen molar-refractivity contribution in [2.24, 2.45) is 5.92 Å². The first kappa shape index (κ1) is 11.7. The lowest BCUT2D eigenvalue weighted by Gasteiger charge is -2.37. The first-order chi connectivity index (χ1) is 7.60. The SMILES string of the molecule is Cc1cccc(C(C)(C)C2CCCCC2)c1. The summed E-state index contributed by atoms with van der Waals surface area (Å²) in [5.41, 5.74) is 3.27. The van der Waals surface area contributed by atoms with E-state index < -0.39 is 0 Å². The maximum absolute atomic E-state index is 2.43. The average molecular weight is 216 g/mol. The predicted octanol–water partition coefficient (Wildman–Crippen LogP) is 4.85. The van der Waals surface area contributed by atoms with E-state index in [2.05, 4.69) is 45.0 Å². The van der Waals surface area contributed by atoms with Crippen LogP contribution < -0.4 is 0 Å². The highest BCUT2D eigenvalue weighted by Crippen LogP contribution is 2.40. The van der Waals surface area contributed by atoms with Crippen LogP contribution in [0.15, 0.2) is 24.3 Å². The van der Waals surface area contributed by atoms with Gasteiger partial charge in [0.05, 0.1) is 0 Å². The summed E-state index contributed by atoms with van der Waals surface area (Å²) in [5.74, 6) is 0.878. The molecule has 1 saturated carbocycles. The van der Waals surface area contributed by atoms with Crippen LogP contribution in [0.3, 0.4) is 0 Å². The van der Waals surface area contributed by atoms with E-state index in [0.29, 0.717) is 5.41 Å². The van der Waals surface area contributed by atoms with Gasteiger partial charge in [0.25, 0.3) is 0 Å². The molecule has 0 heteroatoms. The van der Waals surface area contributed by atoms with Gasteiger partial charge >= 0.3 is 0 Å². The Labute approximate surface area is 100 Å². The van der Waals surface area contributed by atoms with E-state index in [1.165, 1.54) is 43.2 Å². The highest BCUT2D eigenvalue weighted by Gasteiger charge is 2.31. The zero-order valence-electron chi connectivity index (χ0n) is 10.9. The van der Waals surface area contributed by atoms with Crippen LogP contribution >= 0.6 is 0 Å². The van der Waals surface area contributed by atoms with Crippen LogP contribution in [0.25, 0.3) is 0 Å². The molecule has 1 aromatic rings. The molecule has 0 aliphatic heterocycles. The molecule has 0 saturated heterocycles. The molecule has 0 heterocycles. The topological polar surface area (TPSA) is 0 Å². The van der Waals surface area contributed by atoms with Gasteiger partial charge in [0.15, 0.2) is 0 Å². The Morgan fingerprint density at radius 1 is 1.06 bits per heavy atom. The maximum atomic E-state index is 2.43. The van der Waals surface area contributed by atoms with Crippen molar-refractivity contribution < 1.29 is 0 Å². The number of rotatable bonds is 2. The third-order valence-corrected chi connectivity index (χ3v) is 4.39. The highest BCUT2D eigenvalue weighted by atomic mass is 14.4. The second-order valence-electron chi connectivity index (χ2n) is 5.93. The van der Waals surface area contributed by atoms with Crippen molar-refractivity contribution in [2.45, 2.75) is 58.3 Å². The zero-order chi connectivity index (χ0) is 11.6. The largest absolute Gasteiger partial charge is 0.0617 e. The first-order valence-corrected chi connectivity index (χ1v) is 6.68. The molecule has 88 valence electrons. The first-order valence-electron chi connectivity index (χ1n) is 6.68. The molecule has 0 amide bonds. The van der Waals surface area contributed by atoms with E-state index in [0.717, 1.165) is 5.92 Å². The van der Waals surface area contributed by atoms with Crippen LogP contribution in [0.5, 0.6) is 0 Å². The number of hydrogen-bond donors (Lipinski definition) is 0. The van der Waals surface area contributed by atoms with E-state index in [-0.39, 0.29) is 0 Å². The van der Waals surface area contributed by atoms with Crippen LogP contribution in [-0.4, -0.2) is 0 Å². The minimum atomic E-state index is 0.354. The van der Waals surface area contributed by atoms with E-state index in [4.69, 9.17) is 0 Å². The standard InChI is InChI=1S/C16H24/c1-13-8-7-11-15(12-13)16(2,3)14-9-5-4-6-10-14/h7-8,11-12,14H,4-6,9-10H2,1-3H3. The summed E-state index contributed by atoms with van der Waals surface area (Å²) in [7, 11) is 0. The molecule has 1 aromatic carbocycles. The van der Waals surface area contributed by atoms with Crippen molar-refractivity contribution in [1.29, 1.82) is 0 Å². The second kappa shape index (κ2) is 4.61. The van der Waals surface area contributed by atoms with Crippen LogP contribution in [0.2, 0.25) is 0 Å². The van der Waals surface area contributed by atoms with Crippen molar-refractivity contribution in [1.82, 2.24) is 0 Å². The molecular weight excluding hydrogens is 192 g/mol. The second-order valence-corrected chi connectivity index (χ2v) is 5.93. The molecule has 1 fully saturated rings. The van der Waals surface area contributed by atoms with E-state index in [1.54, 1.807) is 0 Å². The Morgan fingerprint density at radius 3 is 2.38 bits per heavy atom. The van der Waals surface area contributed by atoms with Crippen molar-refractivity contribution in [3.05, 3.63) is 35.4 Å². The van der Waals surface area contributed by atoms with Gasteiger partial charge in [0.1, 0.15) is 0 Å². The summed E-state index contributed by atoms with van der Waals surface area (Å²) in [4.78, 5) is 0. The van der Waals surface area contributed by atoms with Crippen LogP contribution in [-0.2, 0) is 5.41 Å². The molecule has 0 atom stereocenters. The molecule has 0 spiro atoms. The number of aryl methyl sites for hydroxylation is 1. The lowest BCUT2D eigenvalue weighted by Crippen LogP contribution is -2.30. The Kier molecular flexibility index (Phi) is 3.37. The molecule has 0 nitrogen and oxygen atoms in total. The van der Waals surface area contributed by atoms with Crippen LogP contribution in [0.4, 0.5) is 0 Å². The Morgan fingerprint density at radius 2 is 1.75 bits per heavy atom. The number of hydrogen-bond acceptors (Lipinski definition) is 0. The molecule has 1 aliphatic carbocycles. The summed E-state index contributed by atoms with van der Waals surface area (Å²) in [6.45, 7) is 7.05. The molecule has 0 bridgehead atoms. The van der Waals surface area contributed by atoms with E-state index in [9.17, 15) is 0 Å². The molecule has 16 heavy (non-hydrogen) atoms. The molecule has 0 N–H and O–H groups in total. The van der Waals surface area contributed by atoms with Gasteiger partial charge in [0, 0.05) is 0 Å². The fourth-order valence-corrected chi connectivity index (χ4v) is 3.11. The van der Waals surface area contributed by atoms with Gasteiger partial charge in [-0.2, -0.15) is 0 Å². The van der Waals surface area contributed by atoms with Crippen molar-refractivity contribution in [3.63, 3.8) is 0 Å². The molecule has 0 unspecified atom stereocenters. The fraction of sp³-hybridized carbons (Fsp3) is 0.625.